The normalized spacial score (nSPS) is 11.1. The van der Waals surface area contributed by atoms with Gasteiger partial charge in [-0.25, -0.2) is 8.42 Å². The molecule has 0 unspecified atom stereocenters. The Kier molecular flexibility index (Phi) is 4.70. The van der Waals surface area contributed by atoms with Crippen molar-refractivity contribution in [2.24, 2.45) is 0 Å². The molecule has 112 valence electrons. The minimum absolute atomic E-state index is 0.0355. The van der Waals surface area contributed by atoms with Gasteiger partial charge in [0.2, 0.25) is 0 Å². The van der Waals surface area contributed by atoms with Crippen molar-refractivity contribution in [1.82, 2.24) is 0 Å². The summed E-state index contributed by atoms with van der Waals surface area (Å²) in [5.41, 5.74) is 6.21. The van der Waals surface area contributed by atoms with Crippen LogP contribution in [0, 0.1) is 0 Å². The number of para-hydroxylation sites is 2. The second-order valence-electron chi connectivity index (χ2n) is 4.38. The molecule has 5 nitrogen and oxygen atoms in total. The highest BCUT2D eigenvalue weighted by molar-refractivity contribution is 7.91. The summed E-state index contributed by atoms with van der Waals surface area (Å²) in [6.45, 7) is 0.0355. The lowest BCUT2D eigenvalue weighted by Gasteiger charge is -2.09. The summed E-state index contributed by atoms with van der Waals surface area (Å²) in [4.78, 5) is 0.214. The molecule has 0 aromatic heterocycles. The van der Waals surface area contributed by atoms with Crippen LogP contribution in [0.1, 0.15) is 0 Å². The fourth-order valence-electron chi connectivity index (χ4n) is 1.79. The van der Waals surface area contributed by atoms with Crippen LogP contribution < -0.4 is 15.2 Å². The smallest absolute Gasteiger partial charge is 0.181 e. The molecule has 6 heteroatoms. The van der Waals surface area contributed by atoms with Gasteiger partial charge in [0.1, 0.15) is 18.1 Å². The number of ether oxygens (including phenoxy) is 2. The van der Waals surface area contributed by atoms with E-state index < -0.39 is 9.84 Å². The van der Waals surface area contributed by atoms with Crippen LogP contribution in [0.2, 0.25) is 0 Å². The Morgan fingerprint density at radius 1 is 1.10 bits per heavy atom. The van der Waals surface area contributed by atoms with Crippen molar-refractivity contribution >= 4 is 15.5 Å². The van der Waals surface area contributed by atoms with Gasteiger partial charge in [-0.05, 0) is 30.3 Å². The third-order valence-corrected chi connectivity index (χ3v) is 4.61. The number of rotatable bonds is 6. The first kappa shape index (κ1) is 15.2. The molecule has 0 bridgehead atoms. The topological polar surface area (TPSA) is 78.6 Å². The summed E-state index contributed by atoms with van der Waals surface area (Å²) >= 11 is 0. The number of benzene rings is 2. The van der Waals surface area contributed by atoms with Gasteiger partial charge in [-0.1, -0.05) is 18.2 Å². The van der Waals surface area contributed by atoms with Crippen LogP contribution in [-0.2, 0) is 9.84 Å². The number of nitrogen functional groups attached to an aromatic ring is 1. The van der Waals surface area contributed by atoms with Gasteiger partial charge in [-0.2, -0.15) is 0 Å². The average Bonchev–Trinajstić information content (AvgIpc) is 2.49. The van der Waals surface area contributed by atoms with Crippen LogP contribution in [0.5, 0.6) is 11.5 Å². The van der Waals surface area contributed by atoms with Gasteiger partial charge in [-0.15, -0.1) is 0 Å². The second-order valence-corrected chi connectivity index (χ2v) is 6.49. The number of sulfone groups is 1. The van der Waals surface area contributed by atoms with Crippen LogP contribution in [0.3, 0.4) is 0 Å². The van der Waals surface area contributed by atoms with Gasteiger partial charge < -0.3 is 15.2 Å². The molecule has 0 aliphatic carbocycles. The van der Waals surface area contributed by atoms with E-state index in [2.05, 4.69) is 0 Å². The van der Waals surface area contributed by atoms with E-state index in [1.807, 2.05) is 0 Å². The molecule has 0 amide bonds. The zero-order valence-corrected chi connectivity index (χ0v) is 12.5. The lowest BCUT2D eigenvalue weighted by molar-refractivity contribution is 0.342. The van der Waals surface area contributed by atoms with Crippen molar-refractivity contribution in [2.75, 3.05) is 25.2 Å². The van der Waals surface area contributed by atoms with Gasteiger partial charge in [0.15, 0.2) is 9.84 Å². The van der Waals surface area contributed by atoms with Gasteiger partial charge in [-0.3, -0.25) is 0 Å². The third kappa shape index (κ3) is 3.88. The van der Waals surface area contributed by atoms with Crippen molar-refractivity contribution in [3.63, 3.8) is 0 Å². The first-order chi connectivity index (χ1) is 10.0. The maximum atomic E-state index is 12.2. The largest absolute Gasteiger partial charge is 0.497 e. The van der Waals surface area contributed by atoms with Gasteiger partial charge >= 0.3 is 0 Å². The van der Waals surface area contributed by atoms with Crippen molar-refractivity contribution in [3.8, 4) is 11.5 Å². The Bertz CT molecular complexity index is 713. The molecular weight excluding hydrogens is 290 g/mol. The second kappa shape index (κ2) is 6.49. The van der Waals surface area contributed by atoms with E-state index in [0.717, 1.165) is 0 Å². The summed E-state index contributed by atoms with van der Waals surface area (Å²) in [6, 6.07) is 13.3. The fraction of sp³-hybridized carbons (Fsp3) is 0.200. The molecule has 21 heavy (non-hydrogen) atoms. The molecule has 0 spiro atoms. The number of hydrogen-bond acceptors (Lipinski definition) is 5. The van der Waals surface area contributed by atoms with E-state index in [9.17, 15) is 8.42 Å². The van der Waals surface area contributed by atoms with Gasteiger partial charge in [0, 0.05) is 0 Å². The molecule has 0 fully saturated rings. The summed E-state index contributed by atoms with van der Waals surface area (Å²) in [5, 5.41) is 0. The lowest BCUT2D eigenvalue weighted by atomic mass is 10.3. The maximum absolute atomic E-state index is 12.2. The van der Waals surface area contributed by atoms with Crippen LogP contribution >= 0.6 is 0 Å². The van der Waals surface area contributed by atoms with Crippen LogP contribution in [0.25, 0.3) is 0 Å². The van der Waals surface area contributed by atoms with Crippen molar-refractivity contribution in [1.29, 1.82) is 0 Å². The Labute approximate surface area is 124 Å². The minimum atomic E-state index is -3.42. The number of anilines is 1. The predicted octanol–water partition coefficient (Wildman–Crippen LogP) is 2.13. The summed E-state index contributed by atoms with van der Waals surface area (Å²) in [7, 11) is -1.93. The highest BCUT2D eigenvalue weighted by Gasteiger charge is 2.15. The predicted molar refractivity (Wildman–Crippen MR) is 81.4 cm³/mol. The number of nitrogens with two attached hydrogens (primary N) is 1. The minimum Gasteiger partial charge on any atom is -0.497 e. The third-order valence-electron chi connectivity index (χ3n) is 2.93. The van der Waals surface area contributed by atoms with Gasteiger partial charge in [0.25, 0.3) is 0 Å². The molecule has 0 radical (unpaired) electrons. The van der Waals surface area contributed by atoms with Crippen molar-refractivity contribution in [3.05, 3.63) is 48.5 Å². The van der Waals surface area contributed by atoms with Gasteiger partial charge in [0.05, 0.1) is 23.4 Å². The summed E-state index contributed by atoms with van der Waals surface area (Å²) in [5.74, 6) is 0.858. The zero-order chi connectivity index (χ0) is 15.3. The standard InChI is InChI=1S/C15H17NO4S/c1-19-12-5-4-6-13(11-12)21(17,18)10-9-20-15-8-3-2-7-14(15)16/h2-8,11H,9-10,16H2,1H3. The Morgan fingerprint density at radius 3 is 2.57 bits per heavy atom. The molecule has 2 rings (SSSR count). The van der Waals surface area contributed by atoms with E-state index in [0.29, 0.717) is 17.2 Å². The fourth-order valence-corrected chi connectivity index (χ4v) is 2.91. The SMILES string of the molecule is COc1cccc(S(=O)(=O)CCOc2ccccc2N)c1. The zero-order valence-electron chi connectivity index (χ0n) is 11.7. The Balaban J connectivity index is 2.03. The number of methoxy groups -OCH3 is 1. The summed E-state index contributed by atoms with van der Waals surface area (Å²) in [6.07, 6.45) is 0. The van der Waals surface area contributed by atoms with Crippen molar-refractivity contribution < 1.29 is 17.9 Å². The molecule has 0 heterocycles. The van der Waals surface area contributed by atoms with E-state index in [1.54, 1.807) is 36.4 Å². The Morgan fingerprint density at radius 2 is 1.86 bits per heavy atom. The molecule has 0 aliphatic rings. The first-order valence-electron chi connectivity index (χ1n) is 6.37. The Hall–Kier alpha value is -2.21. The highest BCUT2D eigenvalue weighted by Crippen LogP contribution is 2.21. The van der Waals surface area contributed by atoms with E-state index in [-0.39, 0.29) is 17.3 Å². The molecule has 0 saturated carbocycles. The maximum Gasteiger partial charge on any atom is 0.181 e. The molecule has 2 aromatic carbocycles. The molecule has 0 aliphatic heterocycles. The van der Waals surface area contributed by atoms with Crippen LogP contribution in [-0.4, -0.2) is 27.9 Å². The number of hydrogen-bond donors (Lipinski definition) is 1. The summed E-state index contributed by atoms with van der Waals surface area (Å²) < 4.78 is 34.9. The van der Waals surface area contributed by atoms with E-state index >= 15 is 0 Å². The van der Waals surface area contributed by atoms with Crippen LogP contribution in [0.15, 0.2) is 53.4 Å². The van der Waals surface area contributed by atoms with Crippen LogP contribution in [0.4, 0.5) is 5.69 Å². The van der Waals surface area contributed by atoms with E-state index in [4.69, 9.17) is 15.2 Å². The monoisotopic (exact) mass is 307 g/mol. The highest BCUT2D eigenvalue weighted by atomic mass is 32.2. The molecular formula is C15H17NO4S. The molecule has 0 atom stereocenters. The molecule has 2 N–H and O–H groups in total. The quantitative estimate of drug-likeness (QED) is 0.827. The molecule has 2 aromatic rings. The first-order valence-corrected chi connectivity index (χ1v) is 8.02. The van der Waals surface area contributed by atoms with Crippen molar-refractivity contribution in [2.45, 2.75) is 4.90 Å². The average molecular weight is 307 g/mol. The molecule has 0 saturated heterocycles. The van der Waals surface area contributed by atoms with E-state index in [1.165, 1.54) is 19.2 Å². The lowest BCUT2D eigenvalue weighted by Crippen LogP contribution is -2.14.